The van der Waals surface area contributed by atoms with Crippen molar-refractivity contribution in [3.8, 4) is 0 Å². The number of rotatable bonds is 0. The third-order valence-corrected chi connectivity index (χ3v) is 7.84. The maximum atomic E-state index is 2.37. The highest BCUT2D eigenvalue weighted by Crippen LogP contribution is 2.47. The molecule has 0 aliphatic heterocycles. The molecule has 0 saturated carbocycles. The van der Waals surface area contributed by atoms with Crippen molar-refractivity contribution in [3.05, 3.63) is 96.1 Å². The van der Waals surface area contributed by atoms with Crippen LogP contribution in [0.1, 0.15) is 11.1 Å². The van der Waals surface area contributed by atoms with Gasteiger partial charge in [-0.2, -0.15) is 0 Å². The van der Waals surface area contributed by atoms with Crippen LogP contribution in [0.5, 0.6) is 0 Å². The molecule has 0 spiro atoms. The van der Waals surface area contributed by atoms with Gasteiger partial charge in [0, 0.05) is 0 Å². The van der Waals surface area contributed by atoms with Crippen LogP contribution in [0.3, 0.4) is 0 Å². The molecule has 0 radical (unpaired) electrons. The molecule has 0 aliphatic rings. The molecule has 0 amide bonds. The summed E-state index contributed by atoms with van der Waals surface area (Å²) in [7, 11) is 0. The smallest absolute Gasteiger partial charge is 0.00139 e. The molecule has 0 nitrogen and oxygen atoms in total. The Bertz CT molecular complexity index is 1820. The molecule has 32 heavy (non-hydrogen) atoms. The van der Waals surface area contributed by atoms with Crippen molar-refractivity contribution in [3.63, 3.8) is 0 Å². The van der Waals surface area contributed by atoms with E-state index in [1.807, 2.05) is 0 Å². The monoisotopic (exact) mass is 404 g/mol. The lowest BCUT2D eigenvalue weighted by Crippen LogP contribution is -1.92. The molecular weight excluding hydrogens is 384 g/mol. The fraction of sp³-hybridized carbons (Fsp3) is 0.0625. The van der Waals surface area contributed by atoms with Crippen LogP contribution in [0.4, 0.5) is 0 Å². The highest BCUT2D eigenvalue weighted by atomic mass is 14.2. The summed E-state index contributed by atoms with van der Waals surface area (Å²) in [5.41, 5.74) is 2.69. The van der Waals surface area contributed by atoms with Crippen LogP contribution in [-0.2, 0) is 0 Å². The van der Waals surface area contributed by atoms with E-state index in [0.717, 1.165) is 0 Å². The van der Waals surface area contributed by atoms with Gasteiger partial charge in [-0.25, -0.2) is 0 Å². The summed E-state index contributed by atoms with van der Waals surface area (Å²) in [5, 5.41) is 19.3. The van der Waals surface area contributed by atoms with Gasteiger partial charge in [-0.15, -0.1) is 0 Å². The summed E-state index contributed by atoms with van der Waals surface area (Å²) < 4.78 is 0. The quantitative estimate of drug-likeness (QED) is 0.174. The van der Waals surface area contributed by atoms with Gasteiger partial charge in [0.1, 0.15) is 0 Å². The Morgan fingerprint density at radius 2 is 0.562 bits per heavy atom. The number of aryl methyl sites for hydroxylation is 2. The zero-order valence-corrected chi connectivity index (χ0v) is 18.1. The SMILES string of the molecule is Cc1ccc2c3ccc4c5cccc6c(C)ccc(c7ccc(c8cccc1c82)c3c47)c65. The van der Waals surface area contributed by atoms with Gasteiger partial charge < -0.3 is 0 Å². The van der Waals surface area contributed by atoms with E-state index >= 15 is 0 Å². The molecule has 0 bridgehead atoms. The van der Waals surface area contributed by atoms with Crippen LogP contribution in [0.2, 0.25) is 0 Å². The minimum absolute atomic E-state index is 1.34. The molecular formula is C32H20. The largest absolute Gasteiger partial charge is 0.0610 e. The van der Waals surface area contributed by atoms with Crippen LogP contribution < -0.4 is 0 Å². The van der Waals surface area contributed by atoms with E-state index in [-0.39, 0.29) is 0 Å². The van der Waals surface area contributed by atoms with Crippen molar-refractivity contribution in [2.75, 3.05) is 0 Å². The Morgan fingerprint density at radius 3 is 0.969 bits per heavy atom. The molecule has 0 heterocycles. The van der Waals surface area contributed by atoms with Crippen molar-refractivity contribution in [2.45, 2.75) is 13.8 Å². The molecule has 148 valence electrons. The van der Waals surface area contributed by atoms with E-state index in [0.29, 0.717) is 0 Å². The minimum Gasteiger partial charge on any atom is -0.0610 e. The van der Waals surface area contributed by atoms with Gasteiger partial charge >= 0.3 is 0 Å². The molecule has 0 saturated heterocycles. The van der Waals surface area contributed by atoms with Crippen molar-refractivity contribution in [1.29, 1.82) is 0 Å². The first kappa shape index (κ1) is 16.8. The summed E-state index contributed by atoms with van der Waals surface area (Å²) >= 11 is 0. The number of hydrogen-bond donors (Lipinski definition) is 0. The van der Waals surface area contributed by atoms with Crippen molar-refractivity contribution >= 4 is 75.4 Å². The zero-order chi connectivity index (χ0) is 21.1. The standard InChI is InChI=1S/C32H20/c1-17-9-11-23-27-15-14-26-22-8-4-6-20-18(2)10-12-24(30(20)22)28-16-13-25(31(27)32(26)28)21-7-3-5-19(17)29(21)23/h3-16H,1-2H3. The Kier molecular flexibility index (Phi) is 2.86. The average Bonchev–Trinajstić information content (AvgIpc) is 2.83. The average molecular weight is 405 g/mol. The molecule has 0 fully saturated rings. The van der Waals surface area contributed by atoms with E-state index in [9.17, 15) is 0 Å². The maximum absolute atomic E-state index is 2.37. The summed E-state index contributed by atoms with van der Waals surface area (Å²) in [6.45, 7) is 4.44. The van der Waals surface area contributed by atoms with Gasteiger partial charge in [0.25, 0.3) is 0 Å². The summed E-state index contributed by atoms with van der Waals surface area (Å²) in [6.07, 6.45) is 0. The molecule has 8 rings (SSSR count). The molecule has 0 N–H and O–H groups in total. The summed E-state index contributed by atoms with van der Waals surface area (Å²) in [6, 6.07) is 32.3. The van der Waals surface area contributed by atoms with Gasteiger partial charge in [0.15, 0.2) is 0 Å². The second kappa shape index (κ2) is 5.47. The molecule has 0 heteroatoms. The number of hydrogen-bond acceptors (Lipinski definition) is 0. The highest BCUT2D eigenvalue weighted by molar-refractivity contribution is 6.42. The van der Waals surface area contributed by atoms with E-state index in [1.165, 1.54) is 86.5 Å². The highest BCUT2D eigenvalue weighted by Gasteiger charge is 2.19. The predicted molar refractivity (Wildman–Crippen MR) is 141 cm³/mol. The van der Waals surface area contributed by atoms with Crippen LogP contribution in [0.15, 0.2) is 84.9 Å². The Balaban J connectivity index is 1.77. The predicted octanol–water partition coefficient (Wildman–Crippen LogP) is 9.25. The second-order valence-corrected chi connectivity index (χ2v) is 9.39. The lowest BCUT2D eigenvalue weighted by Gasteiger charge is -2.20. The van der Waals surface area contributed by atoms with Crippen LogP contribution in [0, 0.1) is 13.8 Å². The van der Waals surface area contributed by atoms with E-state index in [2.05, 4.69) is 98.8 Å². The van der Waals surface area contributed by atoms with Crippen LogP contribution >= 0.6 is 0 Å². The Morgan fingerprint density at radius 1 is 0.281 bits per heavy atom. The number of benzene rings is 8. The van der Waals surface area contributed by atoms with Crippen LogP contribution in [0.25, 0.3) is 75.4 Å². The van der Waals surface area contributed by atoms with E-state index in [1.54, 1.807) is 0 Å². The minimum atomic E-state index is 1.34. The number of fused-ring (bicyclic) bond motifs is 4. The summed E-state index contributed by atoms with van der Waals surface area (Å²) in [4.78, 5) is 0. The fourth-order valence-corrected chi connectivity index (χ4v) is 6.40. The van der Waals surface area contributed by atoms with Gasteiger partial charge in [0.2, 0.25) is 0 Å². The molecule has 8 aromatic carbocycles. The van der Waals surface area contributed by atoms with Gasteiger partial charge in [0.05, 0.1) is 0 Å². The van der Waals surface area contributed by atoms with E-state index in [4.69, 9.17) is 0 Å². The second-order valence-electron chi connectivity index (χ2n) is 9.39. The third-order valence-electron chi connectivity index (χ3n) is 7.84. The third kappa shape index (κ3) is 1.78. The first-order chi connectivity index (χ1) is 15.7. The van der Waals surface area contributed by atoms with Gasteiger partial charge in [-0.1, -0.05) is 84.9 Å². The first-order valence-electron chi connectivity index (χ1n) is 11.4. The normalized spacial score (nSPS) is 12.7. The topological polar surface area (TPSA) is 0 Å². The summed E-state index contributed by atoms with van der Waals surface area (Å²) in [5.74, 6) is 0. The Labute approximate surface area is 185 Å². The molecule has 0 aliphatic carbocycles. The zero-order valence-electron chi connectivity index (χ0n) is 18.1. The van der Waals surface area contributed by atoms with Crippen LogP contribution in [-0.4, -0.2) is 0 Å². The fourth-order valence-electron chi connectivity index (χ4n) is 6.40. The lowest BCUT2D eigenvalue weighted by molar-refractivity contribution is 1.55. The Hall–Kier alpha value is -3.90. The molecule has 0 atom stereocenters. The van der Waals surface area contributed by atoms with Crippen molar-refractivity contribution in [2.24, 2.45) is 0 Å². The first-order valence-corrected chi connectivity index (χ1v) is 11.4. The van der Waals surface area contributed by atoms with E-state index < -0.39 is 0 Å². The molecule has 8 aromatic rings. The molecule has 0 aromatic heterocycles. The maximum Gasteiger partial charge on any atom is -0.00139 e. The van der Waals surface area contributed by atoms with Crippen molar-refractivity contribution in [1.82, 2.24) is 0 Å². The van der Waals surface area contributed by atoms with Gasteiger partial charge in [-0.3, -0.25) is 0 Å². The lowest BCUT2D eigenvalue weighted by atomic mass is 9.83. The van der Waals surface area contributed by atoms with Gasteiger partial charge in [-0.05, 0) is 100 Å². The molecule has 0 unspecified atom stereocenters. The van der Waals surface area contributed by atoms with Crippen molar-refractivity contribution < 1.29 is 0 Å².